The summed E-state index contributed by atoms with van der Waals surface area (Å²) in [7, 11) is 0. The fourth-order valence-corrected chi connectivity index (χ4v) is 2.64. The van der Waals surface area contributed by atoms with Crippen molar-refractivity contribution in [1.29, 1.82) is 0 Å². The van der Waals surface area contributed by atoms with Gasteiger partial charge in [0, 0.05) is 6.54 Å². The number of hydrogen-bond donors (Lipinski definition) is 2. The maximum absolute atomic E-state index is 9.96. The molecule has 1 saturated heterocycles. The van der Waals surface area contributed by atoms with Crippen LogP contribution in [0.1, 0.15) is 12.8 Å². The van der Waals surface area contributed by atoms with Gasteiger partial charge >= 0.3 is 6.41 Å². The second kappa shape index (κ2) is 3.44. The first kappa shape index (κ1) is 8.05. The molecule has 3 atom stereocenters. The summed E-state index contributed by atoms with van der Waals surface area (Å²) in [5, 5.41) is 6.06. The number of fused-ring (bicyclic) bond motifs is 1. The van der Waals surface area contributed by atoms with E-state index >= 15 is 0 Å². The Hall–Kier alpha value is -0.570. The zero-order chi connectivity index (χ0) is 8.39. The molecule has 1 aliphatic heterocycles. The second-order valence-electron chi connectivity index (χ2n) is 4.00. The van der Waals surface area contributed by atoms with Crippen molar-refractivity contribution in [3.05, 3.63) is 0 Å². The van der Waals surface area contributed by atoms with Gasteiger partial charge in [-0.15, -0.1) is 0 Å². The van der Waals surface area contributed by atoms with Crippen LogP contribution in [0.25, 0.3) is 0 Å². The molecule has 1 aliphatic carbocycles. The molecule has 2 aliphatic rings. The minimum atomic E-state index is 0.712. The summed E-state index contributed by atoms with van der Waals surface area (Å²) < 4.78 is 0. The average Bonchev–Trinajstić information content (AvgIpc) is 2.58. The molecular formula is C9H15N2O. The molecule has 1 saturated carbocycles. The summed E-state index contributed by atoms with van der Waals surface area (Å²) in [6.45, 7) is 3.20. The second-order valence-corrected chi connectivity index (χ2v) is 4.00. The molecular weight excluding hydrogens is 152 g/mol. The average molecular weight is 167 g/mol. The van der Waals surface area contributed by atoms with Crippen molar-refractivity contribution in [2.75, 3.05) is 19.6 Å². The van der Waals surface area contributed by atoms with Gasteiger partial charge in [-0.1, -0.05) is 0 Å². The van der Waals surface area contributed by atoms with Crippen LogP contribution in [-0.2, 0) is 4.79 Å². The molecule has 0 unspecified atom stereocenters. The summed E-state index contributed by atoms with van der Waals surface area (Å²) in [6, 6.07) is 0. The first-order chi connectivity index (χ1) is 5.90. The monoisotopic (exact) mass is 167 g/mol. The Morgan fingerprint density at radius 1 is 1.33 bits per heavy atom. The van der Waals surface area contributed by atoms with Crippen LogP contribution in [0.5, 0.6) is 0 Å². The highest BCUT2D eigenvalue weighted by Gasteiger charge is 2.36. The van der Waals surface area contributed by atoms with Gasteiger partial charge in [-0.3, -0.25) is 4.79 Å². The molecule has 2 N–H and O–H groups in total. The van der Waals surface area contributed by atoms with Gasteiger partial charge in [0.25, 0.3) is 0 Å². The van der Waals surface area contributed by atoms with Crippen molar-refractivity contribution >= 4 is 6.41 Å². The predicted octanol–water partition coefficient (Wildman–Crippen LogP) is -0.111. The Labute approximate surface area is 72.9 Å². The van der Waals surface area contributed by atoms with Gasteiger partial charge in [-0.05, 0) is 43.7 Å². The van der Waals surface area contributed by atoms with E-state index in [-0.39, 0.29) is 0 Å². The Morgan fingerprint density at radius 2 is 2.00 bits per heavy atom. The van der Waals surface area contributed by atoms with Crippen molar-refractivity contribution < 1.29 is 4.79 Å². The summed E-state index contributed by atoms with van der Waals surface area (Å²) in [4.78, 5) is 9.96. The van der Waals surface area contributed by atoms with E-state index in [9.17, 15) is 4.79 Å². The van der Waals surface area contributed by atoms with Crippen LogP contribution in [0.4, 0.5) is 0 Å². The first-order valence-corrected chi connectivity index (χ1v) is 4.71. The molecule has 1 heterocycles. The fraction of sp³-hybridized carbons (Fsp3) is 0.889. The lowest BCUT2D eigenvalue weighted by atomic mass is 10.0. The Morgan fingerprint density at radius 3 is 2.58 bits per heavy atom. The summed E-state index contributed by atoms with van der Waals surface area (Å²) >= 11 is 0. The molecule has 0 aromatic rings. The number of nitrogens with one attached hydrogen (secondary N) is 2. The summed E-state index contributed by atoms with van der Waals surface area (Å²) in [6.07, 6.45) is 4.31. The van der Waals surface area contributed by atoms with Gasteiger partial charge < -0.3 is 10.6 Å². The number of carbonyl (C=O) groups excluding carboxylic acids is 1. The third-order valence-corrected chi connectivity index (χ3v) is 3.21. The molecule has 12 heavy (non-hydrogen) atoms. The summed E-state index contributed by atoms with van der Waals surface area (Å²) in [5.41, 5.74) is 0. The molecule has 2 fully saturated rings. The number of hydrogen-bond acceptors (Lipinski definition) is 2. The Bertz CT molecular complexity index is 160. The molecule has 0 spiro atoms. The molecule has 67 valence electrons. The van der Waals surface area contributed by atoms with E-state index in [0.717, 1.165) is 18.4 Å². The zero-order valence-corrected chi connectivity index (χ0v) is 7.18. The largest absolute Gasteiger partial charge is 0.348 e. The van der Waals surface area contributed by atoms with E-state index in [1.165, 1.54) is 25.9 Å². The van der Waals surface area contributed by atoms with E-state index in [4.69, 9.17) is 0 Å². The van der Waals surface area contributed by atoms with Gasteiger partial charge in [0.05, 0.1) is 0 Å². The highest BCUT2D eigenvalue weighted by atomic mass is 16.1. The fourth-order valence-electron chi connectivity index (χ4n) is 2.64. The summed E-state index contributed by atoms with van der Waals surface area (Å²) in [5.74, 6) is 2.47. The van der Waals surface area contributed by atoms with Crippen molar-refractivity contribution in [2.45, 2.75) is 12.8 Å². The van der Waals surface area contributed by atoms with E-state index in [0.29, 0.717) is 5.92 Å². The van der Waals surface area contributed by atoms with Gasteiger partial charge in [0.2, 0.25) is 0 Å². The number of amides is 1. The molecule has 1 radical (unpaired) electrons. The molecule has 0 bridgehead atoms. The first-order valence-electron chi connectivity index (χ1n) is 4.71. The molecule has 0 aromatic carbocycles. The highest BCUT2D eigenvalue weighted by Crippen LogP contribution is 2.37. The lowest BCUT2D eigenvalue weighted by molar-refractivity contribution is 0.470. The van der Waals surface area contributed by atoms with Crippen LogP contribution in [0.2, 0.25) is 0 Å². The quantitative estimate of drug-likeness (QED) is 0.576. The van der Waals surface area contributed by atoms with Crippen molar-refractivity contribution in [3.63, 3.8) is 0 Å². The van der Waals surface area contributed by atoms with Gasteiger partial charge in [-0.25, -0.2) is 0 Å². The molecule has 3 nitrogen and oxygen atoms in total. The van der Waals surface area contributed by atoms with Crippen LogP contribution in [0.3, 0.4) is 0 Å². The van der Waals surface area contributed by atoms with Crippen LogP contribution in [0, 0.1) is 17.8 Å². The minimum absolute atomic E-state index is 0.712. The van der Waals surface area contributed by atoms with Crippen LogP contribution < -0.4 is 10.6 Å². The maximum Gasteiger partial charge on any atom is 0.309 e. The van der Waals surface area contributed by atoms with Gasteiger partial charge in [0.1, 0.15) is 0 Å². The molecule has 0 aromatic heterocycles. The highest BCUT2D eigenvalue weighted by molar-refractivity contribution is 5.46. The number of rotatable bonds is 3. The van der Waals surface area contributed by atoms with E-state index < -0.39 is 0 Å². The van der Waals surface area contributed by atoms with E-state index in [2.05, 4.69) is 10.6 Å². The van der Waals surface area contributed by atoms with E-state index in [1.54, 1.807) is 6.41 Å². The van der Waals surface area contributed by atoms with Crippen molar-refractivity contribution in [3.8, 4) is 0 Å². The third-order valence-electron chi connectivity index (χ3n) is 3.21. The van der Waals surface area contributed by atoms with Crippen molar-refractivity contribution in [1.82, 2.24) is 10.6 Å². The lowest BCUT2D eigenvalue weighted by Crippen LogP contribution is -2.21. The zero-order valence-electron chi connectivity index (χ0n) is 7.18. The van der Waals surface area contributed by atoms with Crippen LogP contribution in [0.15, 0.2) is 0 Å². The predicted molar refractivity (Wildman–Crippen MR) is 46.3 cm³/mol. The van der Waals surface area contributed by atoms with Crippen molar-refractivity contribution in [2.24, 2.45) is 17.8 Å². The Kier molecular flexibility index (Phi) is 2.30. The SMILES string of the molecule is O=[C]NC[C@H]1C[C@H]2CNC[C@H]2C1. The normalized spacial score (nSPS) is 39.5. The van der Waals surface area contributed by atoms with Crippen LogP contribution in [-0.4, -0.2) is 26.0 Å². The molecule has 3 heteroatoms. The topological polar surface area (TPSA) is 41.1 Å². The smallest absolute Gasteiger partial charge is 0.309 e. The minimum Gasteiger partial charge on any atom is -0.348 e. The van der Waals surface area contributed by atoms with Gasteiger partial charge in [0.15, 0.2) is 0 Å². The standard InChI is InChI=1S/C9H15N2O/c12-6-11-3-7-1-8-4-10-5-9(8)2-7/h7-10H,1-5H2,(H,11,12)/t7-,8-,9+. The van der Waals surface area contributed by atoms with Crippen LogP contribution >= 0.6 is 0 Å². The maximum atomic E-state index is 9.96. The van der Waals surface area contributed by atoms with Gasteiger partial charge in [-0.2, -0.15) is 0 Å². The third kappa shape index (κ3) is 1.46. The lowest BCUT2D eigenvalue weighted by Gasteiger charge is -2.08. The van der Waals surface area contributed by atoms with E-state index in [1.807, 2.05) is 0 Å². The molecule has 2 rings (SSSR count). The molecule has 1 amide bonds. The Balaban J connectivity index is 1.78.